The summed E-state index contributed by atoms with van der Waals surface area (Å²) in [7, 11) is 0. The lowest BCUT2D eigenvalue weighted by Gasteiger charge is -1.99. The second kappa shape index (κ2) is 7.08. The molecule has 0 radical (unpaired) electrons. The van der Waals surface area contributed by atoms with Crippen LogP contribution >= 0.6 is 0 Å². The number of hydrogen-bond donors (Lipinski definition) is 3. The van der Waals surface area contributed by atoms with Crippen molar-refractivity contribution >= 4 is 5.84 Å². The Morgan fingerprint density at radius 1 is 1.73 bits per heavy atom. The van der Waals surface area contributed by atoms with Crippen LogP contribution in [-0.4, -0.2) is 24.1 Å². The van der Waals surface area contributed by atoms with Crippen molar-refractivity contribution in [2.75, 3.05) is 13.1 Å². The van der Waals surface area contributed by atoms with Crippen LogP contribution in [-0.2, 0) is 0 Å². The first-order chi connectivity index (χ1) is 5.31. The first-order valence-electron chi connectivity index (χ1n) is 3.59. The minimum atomic E-state index is 0.283. The normalized spacial score (nSPS) is 11.5. The Labute approximate surface area is 66.8 Å². The molecule has 64 valence electrons. The molecule has 4 heteroatoms. The number of hydrogen-bond acceptors (Lipinski definition) is 3. The highest BCUT2D eigenvalue weighted by atomic mass is 16.4. The molecule has 0 saturated heterocycles. The van der Waals surface area contributed by atoms with E-state index in [4.69, 9.17) is 10.9 Å². The summed E-state index contributed by atoms with van der Waals surface area (Å²) in [4.78, 5) is 0. The molecule has 0 aliphatic heterocycles. The predicted molar refractivity (Wildman–Crippen MR) is 45.7 cm³/mol. The van der Waals surface area contributed by atoms with Crippen molar-refractivity contribution in [3.8, 4) is 0 Å². The van der Waals surface area contributed by atoms with Crippen LogP contribution in [0.2, 0.25) is 0 Å². The molecule has 0 aromatic carbocycles. The highest BCUT2D eigenvalue weighted by Crippen LogP contribution is 1.85. The van der Waals surface area contributed by atoms with Gasteiger partial charge in [0.1, 0.15) is 5.84 Å². The Hall–Kier alpha value is -1.03. The second-order valence-electron chi connectivity index (χ2n) is 2.19. The Balaban J connectivity index is 3.08. The van der Waals surface area contributed by atoms with Gasteiger partial charge in [-0.3, -0.25) is 0 Å². The average molecular weight is 157 g/mol. The zero-order chi connectivity index (χ0) is 8.53. The molecule has 0 heterocycles. The molecule has 0 unspecified atom stereocenters. The molecule has 0 saturated carbocycles. The zero-order valence-electron chi connectivity index (χ0n) is 6.58. The number of nitrogens with zero attached hydrogens (tertiary/aromatic N) is 1. The van der Waals surface area contributed by atoms with E-state index in [1.165, 1.54) is 0 Å². The maximum atomic E-state index is 8.16. The summed E-state index contributed by atoms with van der Waals surface area (Å²) in [6.45, 7) is 5.22. The van der Waals surface area contributed by atoms with E-state index in [9.17, 15) is 0 Å². The highest BCUT2D eigenvalue weighted by Gasteiger charge is 1.91. The van der Waals surface area contributed by atoms with E-state index in [0.717, 1.165) is 19.5 Å². The van der Waals surface area contributed by atoms with Gasteiger partial charge < -0.3 is 16.3 Å². The van der Waals surface area contributed by atoms with Crippen LogP contribution in [0.25, 0.3) is 0 Å². The van der Waals surface area contributed by atoms with Gasteiger partial charge in [-0.15, -0.1) is 6.58 Å². The lowest BCUT2D eigenvalue weighted by molar-refractivity contribution is 0.316. The molecule has 0 fully saturated rings. The summed E-state index contributed by atoms with van der Waals surface area (Å²) in [5, 5.41) is 14.1. The number of nitrogens with one attached hydrogen (secondary N) is 1. The molecular formula is C7H15N3O. The Kier molecular flexibility index (Phi) is 6.42. The summed E-state index contributed by atoms with van der Waals surface area (Å²) >= 11 is 0. The molecule has 4 nitrogen and oxygen atoms in total. The van der Waals surface area contributed by atoms with Crippen molar-refractivity contribution in [2.24, 2.45) is 10.9 Å². The van der Waals surface area contributed by atoms with E-state index >= 15 is 0 Å². The Morgan fingerprint density at radius 3 is 3.00 bits per heavy atom. The monoisotopic (exact) mass is 157 g/mol. The number of oxime groups is 1. The number of amidine groups is 1. The van der Waals surface area contributed by atoms with E-state index in [2.05, 4.69) is 17.1 Å². The smallest absolute Gasteiger partial charge is 0.139 e. The Bertz CT molecular complexity index is 134. The van der Waals surface area contributed by atoms with Gasteiger partial charge in [0.05, 0.1) is 0 Å². The van der Waals surface area contributed by atoms with E-state index in [1.54, 1.807) is 6.08 Å². The van der Waals surface area contributed by atoms with Crippen LogP contribution in [0.3, 0.4) is 0 Å². The van der Waals surface area contributed by atoms with Crippen LogP contribution in [0.15, 0.2) is 17.8 Å². The molecule has 0 aliphatic carbocycles. The van der Waals surface area contributed by atoms with Crippen molar-refractivity contribution in [2.45, 2.75) is 12.8 Å². The third-order valence-corrected chi connectivity index (χ3v) is 1.20. The molecule has 11 heavy (non-hydrogen) atoms. The summed E-state index contributed by atoms with van der Waals surface area (Å²) < 4.78 is 0. The van der Waals surface area contributed by atoms with Crippen molar-refractivity contribution < 1.29 is 5.21 Å². The molecule has 0 atom stereocenters. The summed E-state index contributed by atoms with van der Waals surface area (Å²) in [5.74, 6) is 0.283. The molecule has 0 aromatic heterocycles. The largest absolute Gasteiger partial charge is 0.409 e. The van der Waals surface area contributed by atoms with Gasteiger partial charge in [-0.2, -0.15) is 0 Å². The zero-order valence-corrected chi connectivity index (χ0v) is 6.58. The van der Waals surface area contributed by atoms with Crippen LogP contribution in [0, 0.1) is 0 Å². The number of nitrogens with two attached hydrogens (primary N) is 1. The van der Waals surface area contributed by atoms with Gasteiger partial charge >= 0.3 is 0 Å². The third-order valence-electron chi connectivity index (χ3n) is 1.20. The quantitative estimate of drug-likeness (QED) is 0.130. The van der Waals surface area contributed by atoms with Crippen LogP contribution in [0.1, 0.15) is 12.8 Å². The standard InChI is InChI=1S/C7H15N3O/c1-2-5-9-6-3-4-7(8)10-11/h2,9,11H,1,3-6H2,(H2,8,10). The first-order valence-corrected chi connectivity index (χ1v) is 3.59. The second-order valence-corrected chi connectivity index (χ2v) is 2.19. The first kappa shape index (κ1) is 9.97. The van der Waals surface area contributed by atoms with Crippen LogP contribution < -0.4 is 11.1 Å². The minimum Gasteiger partial charge on any atom is -0.409 e. The van der Waals surface area contributed by atoms with Gasteiger partial charge in [0.25, 0.3) is 0 Å². The van der Waals surface area contributed by atoms with Crippen molar-refractivity contribution in [1.29, 1.82) is 0 Å². The summed E-state index contributed by atoms with van der Waals surface area (Å²) in [6, 6.07) is 0. The molecular weight excluding hydrogens is 142 g/mol. The van der Waals surface area contributed by atoms with Gasteiger partial charge in [0, 0.05) is 13.0 Å². The molecule has 0 amide bonds. The summed E-state index contributed by atoms with van der Waals surface area (Å²) in [5.41, 5.74) is 5.24. The third kappa shape index (κ3) is 6.86. The fraction of sp³-hybridized carbons (Fsp3) is 0.571. The van der Waals surface area contributed by atoms with Gasteiger partial charge in [-0.05, 0) is 13.0 Å². The predicted octanol–water partition coefficient (Wildman–Crippen LogP) is 0.289. The van der Waals surface area contributed by atoms with E-state index in [1.807, 2.05) is 0 Å². The topological polar surface area (TPSA) is 70.6 Å². The maximum absolute atomic E-state index is 8.16. The highest BCUT2D eigenvalue weighted by molar-refractivity contribution is 5.79. The fourth-order valence-electron chi connectivity index (χ4n) is 0.649. The molecule has 0 rings (SSSR count). The van der Waals surface area contributed by atoms with Crippen molar-refractivity contribution in [1.82, 2.24) is 5.32 Å². The van der Waals surface area contributed by atoms with Gasteiger partial charge in [0.2, 0.25) is 0 Å². The van der Waals surface area contributed by atoms with E-state index < -0.39 is 0 Å². The summed E-state index contributed by atoms with van der Waals surface area (Å²) in [6.07, 6.45) is 3.30. The number of rotatable bonds is 6. The van der Waals surface area contributed by atoms with E-state index in [0.29, 0.717) is 6.42 Å². The molecule has 0 bridgehead atoms. The van der Waals surface area contributed by atoms with Crippen molar-refractivity contribution in [3.05, 3.63) is 12.7 Å². The van der Waals surface area contributed by atoms with Crippen LogP contribution in [0.4, 0.5) is 0 Å². The molecule has 0 spiro atoms. The van der Waals surface area contributed by atoms with Crippen molar-refractivity contribution in [3.63, 3.8) is 0 Å². The lowest BCUT2D eigenvalue weighted by Crippen LogP contribution is -2.18. The van der Waals surface area contributed by atoms with Crippen LogP contribution in [0.5, 0.6) is 0 Å². The van der Waals surface area contributed by atoms with Gasteiger partial charge in [0.15, 0.2) is 0 Å². The van der Waals surface area contributed by atoms with E-state index in [-0.39, 0.29) is 5.84 Å². The molecule has 0 aromatic rings. The average Bonchev–Trinajstić information content (AvgIpc) is 2.04. The van der Waals surface area contributed by atoms with Gasteiger partial charge in [-0.25, -0.2) is 0 Å². The molecule has 0 aliphatic rings. The van der Waals surface area contributed by atoms with Gasteiger partial charge in [-0.1, -0.05) is 11.2 Å². The maximum Gasteiger partial charge on any atom is 0.139 e. The molecule has 4 N–H and O–H groups in total. The fourth-order valence-corrected chi connectivity index (χ4v) is 0.649. The Morgan fingerprint density at radius 2 is 2.45 bits per heavy atom. The lowest BCUT2D eigenvalue weighted by atomic mass is 10.3. The minimum absolute atomic E-state index is 0.283. The SMILES string of the molecule is C=CCNCCCC(N)=NO.